The highest BCUT2D eigenvalue weighted by Gasteiger charge is 2.05. The van der Waals surface area contributed by atoms with E-state index in [0.717, 1.165) is 11.6 Å². The number of hydrogen-bond donors (Lipinski definition) is 2. The molecule has 0 aromatic carbocycles. The molecule has 0 aliphatic heterocycles. The number of carbonyl (C=O) groups is 1. The minimum absolute atomic E-state index is 0.0707. The Bertz CT molecular complexity index is 288. The molecule has 1 unspecified atom stereocenters. The van der Waals surface area contributed by atoms with E-state index in [1.165, 1.54) is 11.3 Å². The molecular formula is C9H16N4OS. The lowest BCUT2D eigenvalue weighted by Crippen LogP contribution is -2.32. The number of amides is 1. The van der Waals surface area contributed by atoms with Gasteiger partial charge >= 0.3 is 0 Å². The van der Waals surface area contributed by atoms with E-state index in [-0.39, 0.29) is 11.9 Å². The van der Waals surface area contributed by atoms with Crippen LogP contribution in [0.15, 0.2) is 5.51 Å². The fourth-order valence-corrected chi connectivity index (χ4v) is 1.46. The number of anilines is 1. The highest BCUT2D eigenvalue weighted by atomic mass is 32.1. The van der Waals surface area contributed by atoms with Gasteiger partial charge in [-0.2, -0.15) is 0 Å². The van der Waals surface area contributed by atoms with E-state index in [0.29, 0.717) is 13.0 Å². The predicted molar refractivity (Wildman–Crippen MR) is 60.9 cm³/mol. The zero-order valence-corrected chi connectivity index (χ0v) is 9.80. The summed E-state index contributed by atoms with van der Waals surface area (Å²) in [5.41, 5.74) is 1.65. The van der Waals surface area contributed by atoms with Gasteiger partial charge < -0.3 is 10.6 Å². The van der Waals surface area contributed by atoms with Gasteiger partial charge in [0, 0.05) is 19.0 Å². The summed E-state index contributed by atoms with van der Waals surface area (Å²) in [5.74, 6) is 0.0707. The first-order valence-corrected chi connectivity index (χ1v) is 5.89. The zero-order valence-electron chi connectivity index (χ0n) is 8.99. The Balaban J connectivity index is 2.12. The summed E-state index contributed by atoms with van der Waals surface area (Å²) in [6.07, 6.45) is 1.42. The first kappa shape index (κ1) is 11.9. The highest BCUT2D eigenvalue weighted by Crippen LogP contribution is 2.07. The monoisotopic (exact) mass is 228 g/mol. The summed E-state index contributed by atoms with van der Waals surface area (Å²) in [6, 6.07) is 0.249. The maximum atomic E-state index is 11.4. The van der Waals surface area contributed by atoms with E-state index in [1.807, 2.05) is 13.8 Å². The summed E-state index contributed by atoms with van der Waals surface area (Å²) in [4.78, 5) is 11.4. The molecule has 1 heterocycles. The molecule has 84 valence electrons. The van der Waals surface area contributed by atoms with E-state index in [9.17, 15) is 4.79 Å². The third-order valence-corrected chi connectivity index (χ3v) is 2.66. The number of aromatic nitrogens is 2. The normalized spacial score (nSPS) is 12.1. The van der Waals surface area contributed by atoms with Gasteiger partial charge in [0.25, 0.3) is 0 Å². The largest absolute Gasteiger partial charge is 0.360 e. The predicted octanol–water partition coefficient (Wildman–Crippen LogP) is 1.25. The second-order valence-corrected chi connectivity index (χ2v) is 4.13. The Labute approximate surface area is 93.3 Å². The van der Waals surface area contributed by atoms with E-state index < -0.39 is 0 Å². The van der Waals surface area contributed by atoms with Gasteiger partial charge in [0.2, 0.25) is 11.0 Å². The molecule has 0 bridgehead atoms. The summed E-state index contributed by atoms with van der Waals surface area (Å²) in [5, 5.41) is 14.2. The smallest absolute Gasteiger partial charge is 0.221 e. The molecular weight excluding hydrogens is 212 g/mol. The summed E-state index contributed by atoms with van der Waals surface area (Å²) in [7, 11) is 0. The molecule has 1 amide bonds. The average Bonchev–Trinajstić information content (AvgIpc) is 2.70. The van der Waals surface area contributed by atoms with Gasteiger partial charge in [-0.05, 0) is 13.3 Å². The molecule has 1 rings (SSSR count). The van der Waals surface area contributed by atoms with Gasteiger partial charge in [-0.1, -0.05) is 18.3 Å². The lowest BCUT2D eigenvalue weighted by Gasteiger charge is -2.10. The minimum atomic E-state index is 0.0707. The van der Waals surface area contributed by atoms with Gasteiger partial charge in [0.15, 0.2) is 0 Å². The van der Waals surface area contributed by atoms with Crippen molar-refractivity contribution in [2.45, 2.75) is 32.7 Å². The van der Waals surface area contributed by atoms with Crippen LogP contribution in [0.25, 0.3) is 0 Å². The molecule has 6 heteroatoms. The number of rotatable bonds is 6. The van der Waals surface area contributed by atoms with Gasteiger partial charge in [-0.15, -0.1) is 10.2 Å². The molecule has 0 saturated heterocycles. The third-order valence-electron chi connectivity index (χ3n) is 2.01. The van der Waals surface area contributed by atoms with Crippen molar-refractivity contribution >= 4 is 22.4 Å². The molecule has 1 aromatic heterocycles. The van der Waals surface area contributed by atoms with E-state index in [2.05, 4.69) is 20.8 Å². The number of carbonyl (C=O) groups excluding carboxylic acids is 1. The van der Waals surface area contributed by atoms with Gasteiger partial charge in [-0.25, -0.2) is 0 Å². The molecule has 2 N–H and O–H groups in total. The molecule has 15 heavy (non-hydrogen) atoms. The minimum Gasteiger partial charge on any atom is -0.360 e. The molecule has 0 aliphatic rings. The second-order valence-electron chi connectivity index (χ2n) is 3.30. The number of nitrogens with zero attached hydrogens (tertiary/aromatic N) is 2. The van der Waals surface area contributed by atoms with Crippen LogP contribution in [0.1, 0.15) is 26.7 Å². The van der Waals surface area contributed by atoms with Crippen LogP contribution in [0.2, 0.25) is 0 Å². The topological polar surface area (TPSA) is 66.9 Å². The molecule has 0 saturated carbocycles. The fraction of sp³-hybridized carbons (Fsp3) is 0.667. The maximum Gasteiger partial charge on any atom is 0.221 e. The van der Waals surface area contributed by atoms with E-state index in [1.54, 1.807) is 5.51 Å². The average molecular weight is 228 g/mol. The van der Waals surface area contributed by atoms with Crippen molar-refractivity contribution in [1.29, 1.82) is 0 Å². The van der Waals surface area contributed by atoms with Crippen LogP contribution >= 0.6 is 11.3 Å². The molecule has 0 fully saturated rings. The standard InChI is InChI=1S/C9H16N4OS/c1-3-7(2)12-8(14)4-5-10-9-13-11-6-15-9/h6-7H,3-5H2,1-2H3,(H,10,13)(H,12,14). The van der Waals surface area contributed by atoms with Crippen molar-refractivity contribution in [3.8, 4) is 0 Å². The van der Waals surface area contributed by atoms with Crippen LogP contribution in [0, 0.1) is 0 Å². The first-order valence-electron chi connectivity index (χ1n) is 5.01. The fourth-order valence-electron chi connectivity index (χ4n) is 0.982. The molecule has 0 aliphatic carbocycles. The van der Waals surface area contributed by atoms with Gasteiger partial charge in [-0.3, -0.25) is 4.79 Å². The lowest BCUT2D eigenvalue weighted by atomic mass is 10.2. The van der Waals surface area contributed by atoms with E-state index >= 15 is 0 Å². The van der Waals surface area contributed by atoms with Crippen molar-refractivity contribution < 1.29 is 4.79 Å². The quantitative estimate of drug-likeness (QED) is 0.769. The molecule has 5 nitrogen and oxygen atoms in total. The first-order chi connectivity index (χ1) is 7.22. The maximum absolute atomic E-state index is 11.4. The Morgan fingerprint density at radius 3 is 3.07 bits per heavy atom. The second kappa shape index (κ2) is 6.34. The number of hydrogen-bond acceptors (Lipinski definition) is 5. The van der Waals surface area contributed by atoms with Crippen molar-refractivity contribution in [3.63, 3.8) is 0 Å². The number of nitrogens with one attached hydrogen (secondary N) is 2. The van der Waals surface area contributed by atoms with Gasteiger partial charge in [0.1, 0.15) is 5.51 Å². The van der Waals surface area contributed by atoms with Crippen molar-refractivity contribution in [2.75, 3.05) is 11.9 Å². The summed E-state index contributed by atoms with van der Waals surface area (Å²) >= 11 is 1.43. The SMILES string of the molecule is CCC(C)NC(=O)CCNc1nncs1. The lowest BCUT2D eigenvalue weighted by molar-refractivity contribution is -0.121. The molecule has 1 aromatic rings. The third kappa shape index (κ3) is 4.73. The van der Waals surface area contributed by atoms with Crippen LogP contribution in [0.3, 0.4) is 0 Å². The zero-order chi connectivity index (χ0) is 11.1. The Morgan fingerprint density at radius 2 is 2.47 bits per heavy atom. The molecule has 0 radical (unpaired) electrons. The van der Waals surface area contributed by atoms with Crippen molar-refractivity contribution in [3.05, 3.63) is 5.51 Å². The Morgan fingerprint density at radius 1 is 1.67 bits per heavy atom. The summed E-state index contributed by atoms with van der Waals surface area (Å²) < 4.78 is 0. The van der Waals surface area contributed by atoms with Crippen LogP contribution < -0.4 is 10.6 Å². The highest BCUT2D eigenvalue weighted by molar-refractivity contribution is 7.13. The van der Waals surface area contributed by atoms with E-state index in [4.69, 9.17) is 0 Å². The van der Waals surface area contributed by atoms with Crippen LogP contribution in [-0.4, -0.2) is 28.7 Å². The van der Waals surface area contributed by atoms with Crippen molar-refractivity contribution in [1.82, 2.24) is 15.5 Å². The van der Waals surface area contributed by atoms with Crippen LogP contribution in [-0.2, 0) is 4.79 Å². The Kier molecular flexibility index (Phi) is 5.03. The Hall–Kier alpha value is -1.17. The van der Waals surface area contributed by atoms with Crippen LogP contribution in [0.5, 0.6) is 0 Å². The van der Waals surface area contributed by atoms with Crippen molar-refractivity contribution in [2.24, 2.45) is 0 Å². The van der Waals surface area contributed by atoms with Crippen LogP contribution in [0.4, 0.5) is 5.13 Å². The molecule has 1 atom stereocenters. The van der Waals surface area contributed by atoms with Gasteiger partial charge in [0.05, 0.1) is 0 Å². The molecule has 0 spiro atoms. The summed E-state index contributed by atoms with van der Waals surface area (Å²) in [6.45, 7) is 4.64.